The molecule has 5 nitrogen and oxygen atoms in total. The van der Waals surface area contributed by atoms with Crippen molar-refractivity contribution in [2.75, 3.05) is 32.8 Å². The Kier molecular flexibility index (Phi) is 4.32. The molecular formula is C11H21FN2O3. The molecule has 0 saturated carbocycles. The second kappa shape index (κ2) is 5.18. The molecule has 1 aliphatic rings. The van der Waals surface area contributed by atoms with Gasteiger partial charge >= 0.3 is 6.09 Å². The number of hydrogen-bond acceptors (Lipinski definition) is 4. The van der Waals surface area contributed by atoms with Gasteiger partial charge in [0.15, 0.2) is 5.67 Å². The standard InChI is InChI=1S/C11H21FN2O3/c1-10(2,3)17-9(15)14-4-5-16-8-11(12,6-13)7-14/h4-8,13H2,1-3H3. The summed E-state index contributed by atoms with van der Waals surface area (Å²) in [6, 6.07) is 0. The molecule has 100 valence electrons. The third kappa shape index (κ3) is 4.47. The van der Waals surface area contributed by atoms with Gasteiger partial charge in [0.1, 0.15) is 5.60 Å². The van der Waals surface area contributed by atoms with Crippen molar-refractivity contribution in [2.45, 2.75) is 32.0 Å². The molecule has 0 spiro atoms. The summed E-state index contributed by atoms with van der Waals surface area (Å²) in [6.07, 6.45) is -0.529. The van der Waals surface area contributed by atoms with Crippen molar-refractivity contribution in [1.29, 1.82) is 0 Å². The predicted octanol–water partition coefficient (Wildman–Crippen LogP) is 0.921. The van der Waals surface area contributed by atoms with E-state index in [0.29, 0.717) is 13.2 Å². The highest BCUT2D eigenvalue weighted by atomic mass is 19.1. The fraction of sp³-hybridized carbons (Fsp3) is 0.909. The third-order valence-corrected chi connectivity index (χ3v) is 2.36. The summed E-state index contributed by atoms with van der Waals surface area (Å²) in [6.45, 7) is 5.58. The number of halogens is 1. The number of rotatable bonds is 1. The van der Waals surface area contributed by atoms with E-state index in [1.807, 2.05) is 0 Å². The lowest BCUT2D eigenvalue weighted by Gasteiger charge is -2.29. The molecule has 0 aromatic heterocycles. The van der Waals surface area contributed by atoms with Crippen LogP contribution in [0.25, 0.3) is 0 Å². The SMILES string of the molecule is CC(C)(C)OC(=O)N1CCOCC(F)(CN)C1. The average Bonchev–Trinajstić information content (AvgIpc) is 2.39. The number of nitrogens with zero attached hydrogens (tertiary/aromatic N) is 1. The molecule has 0 aliphatic carbocycles. The first-order chi connectivity index (χ1) is 7.76. The van der Waals surface area contributed by atoms with E-state index in [-0.39, 0.29) is 19.7 Å². The van der Waals surface area contributed by atoms with Crippen molar-refractivity contribution in [1.82, 2.24) is 4.90 Å². The molecule has 0 aromatic rings. The molecule has 1 rings (SSSR count). The minimum absolute atomic E-state index is 0.0806. The Hall–Kier alpha value is -0.880. The summed E-state index contributed by atoms with van der Waals surface area (Å²) in [7, 11) is 0. The predicted molar refractivity (Wildman–Crippen MR) is 61.5 cm³/mol. The van der Waals surface area contributed by atoms with Gasteiger partial charge in [-0.05, 0) is 20.8 Å². The second-order valence-corrected chi connectivity index (χ2v) is 5.31. The molecule has 1 unspecified atom stereocenters. The highest BCUT2D eigenvalue weighted by Crippen LogP contribution is 2.18. The van der Waals surface area contributed by atoms with Crippen LogP contribution in [0.3, 0.4) is 0 Å². The van der Waals surface area contributed by atoms with E-state index in [1.165, 1.54) is 4.90 Å². The first kappa shape index (κ1) is 14.2. The van der Waals surface area contributed by atoms with E-state index in [0.717, 1.165) is 0 Å². The van der Waals surface area contributed by atoms with Crippen molar-refractivity contribution in [3.8, 4) is 0 Å². The van der Waals surface area contributed by atoms with Gasteiger partial charge in [-0.2, -0.15) is 0 Å². The van der Waals surface area contributed by atoms with Crippen LogP contribution in [0.2, 0.25) is 0 Å². The maximum absolute atomic E-state index is 14.1. The number of nitrogens with two attached hydrogens (primary N) is 1. The number of alkyl halides is 1. The molecule has 2 N–H and O–H groups in total. The Balaban J connectivity index is 2.66. The summed E-state index contributed by atoms with van der Waals surface area (Å²) in [4.78, 5) is 13.1. The van der Waals surface area contributed by atoms with E-state index >= 15 is 0 Å². The van der Waals surface area contributed by atoms with E-state index in [9.17, 15) is 9.18 Å². The van der Waals surface area contributed by atoms with Crippen LogP contribution in [0.4, 0.5) is 9.18 Å². The molecule has 1 amide bonds. The number of carbonyl (C=O) groups is 1. The lowest BCUT2D eigenvalue weighted by molar-refractivity contribution is 0.0129. The van der Waals surface area contributed by atoms with Crippen LogP contribution in [0.5, 0.6) is 0 Å². The monoisotopic (exact) mass is 248 g/mol. The van der Waals surface area contributed by atoms with Gasteiger partial charge in [0, 0.05) is 13.1 Å². The number of hydrogen-bond donors (Lipinski definition) is 1. The van der Waals surface area contributed by atoms with Crippen LogP contribution in [0.15, 0.2) is 0 Å². The van der Waals surface area contributed by atoms with Gasteiger partial charge in [-0.1, -0.05) is 0 Å². The third-order valence-electron chi connectivity index (χ3n) is 2.36. The molecule has 17 heavy (non-hydrogen) atoms. The molecule has 0 bridgehead atoms. The maximum atomic E-state index is 14.1. The number of carbonyl (C=O) groups excluding carboxylic acids is 1. The van der Waals surface area contributed by atoms with Gasteiger partial charge in [-0.15, -0.1) is 0 Å². The van der Waals surface area contributed by atoms with Crippen LogP contribution >= 0.6 is 0 Å². The summed E-state index contributed by atoms with van der Waals surface area (Å²) in [5.41, 5.74) is 3.08. The van der Waals surface area contributed by atoms with Crippen molar-refractivity contribution in [3.63, 3.8) is 0 Å². The van der Waals surface area contributed by atoms with Crippen LogP contribution in [-0.2, 0) is 9.47 Å². The Morgan fingerprint density at radius 3 is 2.76 bits per heavy atom. The fourth-order valence-electron chi connectivity index (χ4n) is 1.50. The van der Waals surface area contributed by atoms with Crippen molar-refractivity contribution < 1.29 is 18.7 Å². The maximum Gasteiger partial charge on any atom is 0.410 e. The molecule has 1 fully saturated rings. The molecule has 0 aromatic carbocycles. The normalized spacial score (nSPS) is 26.5. The number of amides is 1. The topological polar surface area (TPSA) is 64.8 Å². The highest BCUT2D eigenvalue weighted by Gasteiger charge is 2.36. The van der Waals surface area contributed by atoms with Gasteiger partial charge in [0.2, 0.25) is 0 Å². The van der Waals surface area contributed by atoms with Gasteiger partial charge < -0.3 is 20.1 Å². The molecule has 1 atom stereocenters. The Labute approximate surface area is 101 Å². The zero-order chi connectivity index (χ0) is 13.1. The van der Waals surface area contributed by atoms with Crippen molar-refractivity contribution >= 4 is 6.09 Å². The van der Waals surface area contributed by atoms with Gasteiger partial charge in [0.25, 0.3) is 0 Å². The zero-order valence-corrected chi connectivity index (χ0v) is 10.7. The van der Waals surface area contributed by atoms with Gasteiger partial charge in [-0.3, -0.25) is 0 Å². The van der Waals surface area contributed by atoms with Crippen LogP contribution < -0.4 is 5.73 Å². The van der Waals surface area contributed by atoms with Crippen molar-refractivity contribution in [2.24, 2.45) is 5.73 Å². The van der Waals surface area contributed by atoms with E-state index in [1.54, 1.807) is 20.8 Å². The van der Waals surface area contributed by atoms with Gasteiger partial charge in [-0.25, -0.2) is 9.18 Å². The first-order valence-corrected chi connectivity index (χ1v) is 5.70. The molecular weight excluding hydrogens is 227 g/mol. The number of ether oxygens (including phenoxy) is 2. The molecule has 1 heterocycles. The Morgan fingerprint density at radius 2 is 2.24 bits per heavy atom. The highest BCUT2D eigenvalue weighted by molar-refractivity contribution is 5.68. The van der Waals surface area contributed by atoms with Crippen LogP contribution in [-0.4, -0.2) is 55.1 Å². The molecule has 1 saturated heterocycles. The van der Waals surface area contributed by atoms with Crippen LogP contribution in [0, 0.1) is 0 Å². The largest absolute Gasteiger partial charge is 0.444 e. The summed E-state index contributed by atoms with van der Waals surface area (Å²) >= 11 is 0. The minimum atomic E-state index is -1.69. The zero-order valence-electron chi connectivity index (χ0n) is 10.7. The van der Waals surface area contributed by atoms with Crippen molar-refractivity contribution in [3.05, 3.63) is 0 Å². The summed E-state index contributed by atoms with van der Waals surface area (Å²) in [5.74, 6) is 0. The second-order valence-electron chi connectivity index (χ2n) is 5.31. The Bertz CT molecular complexity index is 280. The molecule has 6 heteroatoms. The van der Waals surface area contributed by atoms with E-state index in [4.69, 9.17) is 15.2 Å². The average molecular weight is 248 g/mol. The fourth-order valence-corrected chi connectivity index (χ4v) is 1.50. The molecule has 0 radical (unpaired) electrons. The first-order valence-electron chi connectivity index (χ1n) is 5.70. The minimum Gasteiger partial charge on any atom is -0.444 e. The molecule has 1 aliphatic heterocycles. The Morgan fingerprint density at radius 1 is 1.59 bits per heavy atom. The smallest absolute Gasteiger partial charge is 0.410 e. The lowest BCUT2D eigenvalue weighted by Crippen LogP contribution is -2.49. The lowest BCUT2D eigenvalue weighted by atomic mass is 10.1. The van der Waals surface area contributed by atoms with E-state index < -0.39 is 17.4 Å². The van der Waals surface area contributed by atoms with Gasteiger partial charge in [0.05, 0.1) is 19.8 Å². The van der Waals surface area contributed by atoms with E-state index in [2.05, 4.69) is 0 Å². The summed E-state index contributed by atoms with van der Waals surface area (Å²) < 4.78 is 24.4. The van der Waals surface area contributed by atoms with Crippen LogP contribution in [0.1, 0.15) is 20.8 Å². The summed E-state index contributed by atoms with van der Waals surface area (Å²) in [5, 5.41) is 0. The quantitative estimate of drug-likeness (QED) is 0.749.